The van der Waals surface area contributed by atoms with Crippen LogP contribution in [0.1, 0.15) is 42.7 Å². The van der Waals surface area contributed by atoms with Gasteiger partial charge in [-0.1, -0.05) is 30.3 Å². The van der Waals surface area contributed by atoms with Crippen molar-refractivity contribution in [3.05, 3.63) is 82.2 Å². The highest BCUT2D eigenvalue weighted by atomic mass is 16.5. The molecular weight excluding hydrogens is 376 g/mol. The number of ketones is 1. The lowest BCUT2D eigenvalue weighted by Crippen LogP contribution is -2.33. The molecule has 0 amide bonds. The fourth-order valence-electron chi connectivity index (χ4n) is 4.52. The molecule has 0 spiro atoms. The van der Waals surface area contributed by atoms with E-state index in [9.17, 15) is 10.1 Å². The molecule has 0 saturated heterocycles. The summed E-state index contributed by atoms with van der Waals surface area (Å²) in [6.45, 7) is 1.89. The number of hydrogen-bond acceptors (Lipinski definition) is 5. The normalized spacial score (nSPS) is 20.9. The van der Waals surface area contributed by atoms with Crippen LogP contribution in [0.15, 0.2) is 71.1 Å². The lowest BCUT2D eigenvalue weighted by atomic mass is 9.72. The molecule has 2 aliphatic rings. The van der Waals surface area contributed by atoms with Crippen molar-refractivity contribution in [2.75, 3.05) is 14.2 Å². The minimum absolute atomic E-state index is 0.0627. The second kappa shape index (κ2) is 8.08. The molecule has 5 nitrogen and oxygen atoms in total. The van der Waals surface area contributed by atoms with E-state index in [1.807, 2.05) is 43.3 Å². The maximum atomic E-state index is 13.4. The minimum atomic E-state index is -0.472. The number of carbonyl (C=O) groups is 1. The van der Waals surface area contributed by atoms with E-state index in [2.05, 4.69) is 23.5 Å². The van der Waals surface area contributed by atoms with Gasteiger partial charge in [-0.3, -0.25) is 4.79 Å². The van der Waals surface area contributed by atoms with Crippen LogP contribution in [0, 0.1) is 11.3 Å². The van der Waals surface area contributed by atoms with E-state index in [4.69, 9.17) is 9.47 Å². The molecule has 1 aliphatic carbocycles. The summed E-state index contributed by atoms with van der Waals surface area (Å²) in [7, 11) is 3.19. The van der Waals surface area contributed by atoms with E-state index >= 15 is 0 Å². The van der Waals surface area contributed by atoms with Crippen molar-refractivity contribution in [2.24, 2.45) is 0 Å². The second-order valence-corrected chi connectivity index (χ2v) is 7.65. The monoisotopic (exact) mass is 400 g/mol. The molecule has 2 aromatic rings. The highest BCUT2D eigenvalue weighted by molar-refractivity contribution is 6.00. The van der Waals surface area contributed by atoms with Crippen molar-refractivity contribution in [1.82, 2.24) is 5.32 Å². The van der Waals surface area contributed by atoms with Gasteiger partial charge >= 0.3 is 0 Å². The minimum Gasteiger partial charge on any atom is -0.497 e. The zero-order chi connectivity index (χ0) is 21.3. The number of nitriles is 1. The van der Waals surface area contributed by atoms with Crippen molar-refractivity contribution in [3.63, 3.8) is 0 Å². The number of dihydropyridines is 1. The third-order valence-electron chi connectivity index (χ3n) is 5.97. The summed E-state index contributed by atoms with van der Waals surface area (Å²) >= 11 is 0. The molecule has 4 rings (SSSR count). The zero-order valence-electron chi connectivity index (χ0n) is 17.4. The molecule has 1 aliphatic heterocycles. The average Bonchev–Trinajstić information content (AvgIpc) is 2.78. The molecule has 30 heavy (non-hydrogen) atoms. The lowest BCUT2D eigenvalue weighted by Gasteiger charge is -2.36. The van der Waals surface area contributed by atoms with Crippen LogP contribution in [-0.2, 0) is 4.79 Å². The molecule has 152 valence electrons. The van der Waals surface area contributed by atoms with Gasteiger partial charge in [0.15, 0.2) is 5.78 Å². The second-order valence-electron chi connectivity index (χ2n) is 7.65. The maximum absolute atomic E-state index is 13.4. The first kappa shape index (κ1) is 19.8. The van der Waals surface area contributed by atoms with Crippen LogP contribution >= 0.6 is 0 Å². The Bertz CT molecular complexity index is 1090. The van der Waals surface area contributed by atoms with Crippen LogP contribution < -0.4 is 14.8 Å². The van der Waals surface area contributed by atoms with E-state index < -0.39 is 5.92 Å². The number of nitrogens with one attached hydrogen (secondary N) is 1. The van der Waals surface area contributed by atoms with Crippen molar-refractivity contribution in [1.29, 1.82) is 5.26 Å². The summed E-state index contributed by atoms with van der Waals surface area (Å²) in [4.78, 5) is 13.4. The average molecular weight is 400 g/mol. The molecule has 1 N–H and O–H groups in total. The topological polar surface area (TPSA) is 71.3 Å². The smallest absolute Gasteiger partial charge is 0.162 e. The summed E-state index contributed by atoms with van der Waals surface area (Å²) in [5, 5.41) is 13.3. The summed E-state index contributed by atoms with van der Waals surface area (Å²) in [6.07, 6.45) is 1.15. The number of nitrogens with zero attached hydrogens (tertiary/aromatic N) is 1. The number of Topliss-reactive ketones (excluding diaryl/α,β-unsaturated/α-hetero) is 1. The van der Waals surface area contributed by atoms with E-state index in [1.165, 1.54) is 0 Å². The van der Waals surface area contributed by atoms with Crippen molar-refractivity contribution >= 4 is 5.78 Å². The first-order valence-electron chi connectivity index (χ1n) is 9.98. The highest BCUT2D eigenvalue weighted by Gasteiger charge is 2.40. The van der Waals surface area contributed by atoms with Gasteiger partial charge in [-0.05, 0) is 43.0 Å². The molecule has 0 unspecified atom stereocenters. The fourth-order valence-corrected chi connectivity index (χ4v) is 4.52. The van der Waals surface area contributed by atoms with Gasteiger partial charge in [-0.15, -0.1) is 0 Å². The highest BCUT2D eigenvalue weighted by Crippen LogP contribution is 2.47. The van der Waals surface area contributed by atoms with Crippen LogP contribution in [0.25, 0.3) is 0 Å². The number of rotatable bonds is 4. The van der Waals surface area contributed by atoms with Gasteiger partial charge in [0.25, 0.3) is 0 Å². The number of carbonyl (C=O) groups excluding carboxylic acids is 1. The maximum Gasteiger partial charge on any atom is 0.162 e. The fraction of sp³-hybridized carbons (Fsp3) is 0.280. The Morgan fingerprint density at radius 1 is 1.07 bits per heavy atom. The largest absolute Gasteiger partial charge is 0.497 e. The first-order chi connectivity index (χ1) is 14.6. The van der Waals surface area contributed by atoms with Crippen LogP contribution in [0.2, 0.25) is 0 Å². The number of hydrogen-bond donors (Lipinski definition) is 1. The Morgan fingerprint density at radius 3 is 2.50 bits per heavy atom. The summed E-state index contributed by atoms with van der Waals surface area (Å²) in [5.74, 6) is 1.00. The zero-order valence-corrected chi connectivity index (χ0v) is 17.4. The Hall–Kier alpha value is -3.52. The molecule has 2 aromatic carbocycles. The number of methoxy groups -OCH3 is 2. The third-order valence-corrected chi connectivity index (χ3v) is 5.97. The number of ether oxygens (including phenoxy) is 2. The van der Waals surface area contributed by atoms with Crippen molar-refractivity contribution in [2.45, 2.75) is 31.6 Å². The van der Waals surface area contributed by atoms with Crippen LogP contribution in [-0.4, -0.2) is 20.0 Å². The van der Waals surface area contributed by atoms with Gasteiger partial charge in [0.2, 0.25) is 0 Å². The standard InChI is InChI=1S/C25H24N2O3/c1-15-20(14-26)24(19-13-18(29-2)9-10-23(19)30-3)25-21(27-15)11-17(12-22(25)28)16-7-5-4-6-8-16/h4-10,13,17,24,27H,11-12H2,1-3H3/t17-,24+/m0/s1. The molecule has 5 heteroatoms. The molecule has 1 heterocycles. The van der Waals surface area contributed by atoms with E-state index in [1.54, 1.807) is 14.2 Å². The van der Waals surface area contributed by atoms with E-state index in [0.717, 1.165) is 28.9 Å². The SMILES string of the molecule is COc1ccc(OC)c([C@@H]2C(C#N)=C(C)NC3=C2C(=O)C[C@@H](c2ccccc2)C3)c1. The Morgan fingerprint density at radius 2 is 1.83 bits per heavy atom. The van der Waals surface area contributed by atoms with E-state index in [0.29, 0.717) is 29.1 Å². The molecule has 2 atom stereocenters. The summed E-state index contributed by atoms with van der Waals surface area (Å²) in [6, 6.07) is 17.9. The van der Waals surface area contributed by atoms with Crippen molar-refractivity contribution < 1.29 is 14.3 Å². The Kier molecular flexibility index (Phi) is 5.33. The lowest BCUT2D eigenvalue weighted by molar-refractivity contribution is -0.116. The number of allylic oxidation sites excluding steroid dienone is 4. The quantitative estimate of drug-likeness (QED) is 0.813. The molecule has 0 aromatic heterocycles. The van der Waals surface area contributed by atoms with Gasteiger partial charge in [0.05, 0.1) is 31.8 Å². The van der Waals surface area contributed by atoms with Gasteiger partial charge in [0, 0.05) is 29.0 Å². The van der Waals surface area contributed by atoms with Crippen LogP contribution in [0.3, 0.4) is 0 Å². The molecular formula is C25H24N2O3. The Balaban J connectivity index is 1.85. The van der Waals surface area contributed by atoms with Gasteiger partial charge < -0.3 is 14.8 Å². The predicted octanol–water partition coefficient (Wildman–Crippen LogP) is 4.59. The van der Waals surface area contributed by atoms with Gasteiger partial charge in [-0.2, -0.15) is 5.26 Å². The van der Waals surface area contributed by atoms with Crippen molar-refractivity contribution in [3.8, 4) is 17.6 Å². The molecule has 0 saturated carbocycles. The molecule has 0 fully saturated rings. The van der Waals surface area contributed by atoms with Crippen LogP contribution in [0.4, 0.5) is 0 Å². The first-order valence-corrected chi connectivity index (χ1v) is 9.98. The summed E-state index contributed by atoms with van der Waals surface area (Å²) < 4.78 is 11.0. The van der Waals surface area contributed by atoms with Gasteiger partial charge in [0.1, 0.15) is 11.5 Å². The Labute approximate surface area is 176 Å². The predicted molar refractivity (Wildman–Crippen MR) is 114 cm³/mol. The summed E-state index contributed by atoms with van der Waals surface area (Å²) in [5.41, 5.74) is 4.79. The van der Waals surface area contributed by atoms with Crippen LogP contribution in [0.5, 0.6) is 11.5 Å². The van der Waals surface area contributed by atoms with E-state index in [-0.39, 0.29) is 11.7 Å². The number of benzene rings is 2. The molecule has 0 bridgehead atoms. The molecule has 0 radical (unpaired) electrons. The van der Waals surface area contributed by atoms with Gasteiger partial charge in [-0.25, -0.2) is 0 Å². The third kappa shape index (κ3) is 3.35.